The highest BCUT2D eigenvalue weighted by molar-refractivity contribution is 6.00. The molecule has 568 valence electrons. The van der Waals surface area contributed by atoms with Gasteiger partial charge >= 0.3 is 5.97 Å². The summed E-state index contributed by atoms with van der Waals surface area (Å²) in [4.78, 5) is 192. The van der Waals surface area contributed by atoms with Crippen molar-refractivity contribution in [3.8, 4) is 0 Å². The molecule has 0 radical (unpaired) electrons. The molecule has 1 heterocycles. The molecule has 28 nitrogen and oxygen atoms in total. The van der Waals surface area contributed by atoms with Crippen molar-refractivity contribution in [1.82, 2.24) is 61.3 Å². The summed E-state index contributed by atoms with van der Waals surface area (Å²) in [5.74, 6) is -11.8. The van der Waals surface area contributed by atoms with Gasteiger partial charge in [-0.05, 0) is 93.2 Å². The second-order valence-corrected chi connectivity index (χ2v) is 28.7. The molecule has 12 atom stereocenters. The van der Waals surface area contributed by atoms with E-state index < -0.39 is 168 Å². The Labute approximate surface area is 606 Å². The summed E-state index contributed by atoms with van der Waals surface area (Å²) in [7, 11) is 6.74. The lowest BCUT2D eigenvalue weighted by atomic mass is 9.96. The van der Waals surface area contributed by atoms with E-state index in [1.54, 1.807) is 131 Å². The third-order valence-corrected chi connectivity index (χ3v) is 18.5. The Kier molecular flexibility index (Phi) is 34.4. The molecular formula is C75H113N13O15. The highest BCUT2D eigenvalue weighted by atomic mass is 16.4. The van der Waals surface area contributed by atoms with Crippen LogP contribution < -0.4 is 37.6 Å². The maximum atomic E-state index is 15.1. The summed E-state index contributed by atoms with van der Waals surface area (Å²) < 4.78 is 0. The average Bonchev–Trinajstić information content (AvgIpc) is 0.837. The number of carbonyl (C=O) groups is 13. The van der Waals surface area contributed by atoms with Crippen LogP contribution in [0.3, 0.4) is 0 Å². The predicted molar refractivity (Wildman–Crippen MR) is 388 cm³/mol. The van der Waals surface area contributed by atoms with E-state index in [2.05, 4.69) is 31.9 Å². The van der Waals surface area contributed by atoms with E-state index >= 15 is 4.79 Å². The van der Waals surface area contributed by atoms with E-state index in [1.165, 1.54) is 54.0 Å². The first-order chi connectivity index (χ1) is 48.4. The van der Waals surface area contributed by atoms with E-state index in [1.807, 2.05) is 27.7 Å². The minimum absolute atomic E-state index is 0.0522. The van der Waals surface area contributed by atoms with E-state index in [4.69, 9.17) is 5.73 Å². The van der Waals surface area contributed by atoms with Crippen LogP contribution in [0.4, 0.5) is 0 Å². The highest BCUT2D eigenvalue weighted by Crippen LogP contribution is 2.22. The van der Waals surface area contributed by atoms with Gasteiger partial charge in [-0.3, -0.25) is 62.3 Å². The van der Waals surface area contributed by atoms with Gasteiger partial charge in [0.2, 0.25) is 70.9 Å². The maximum absolute atomic E-state index is 15.1. The molecule has 4 rings (SSSR count). The summed E-state index contributed by atoms with van der Waals surface area (Å²) in [6.07, 6.45) is -0.0525. The van der Waals surface area contributed by atoms with Crippen molar-refractivity contribution < 1.29 is 72.5 Å². The molecular weight excluding hydrogens is 1320 g/mol. The fourth-order valence-electron chi connectivity index (χ4n) is 12.4. The van der Waals surface area contributed by atoms with Gasteiger partial charge in [0.25, 0.3) is 0 Å². The van der Waals surface area contributed by atoms with Crippen LogP contribution in [0, 0.1) is 23.7 Å². The van der Waals surface area contributed by atoms with Crippen LogP contribution in [0.1, 0.15) is 131 Å². The molecule has 10 N–H and O–H groups in total. The van der Waals surface area contributed by atoms with Crippen LogP contribution in [0.25, 0.3) is 0 Å². The van der Waals surface area contributed by atoms with Crippen molar-refractivity contribution in [2.24, 2.45) is 29.4 Å². The molecule has 1 saturated heterocycles. The van der Waals surface area contributed by atoms with Crippen LogP contribution in [-0.2, 0) is 81.6 Å². The SMILES string of the molecule is CC(C)C[C@@H](C(=O)N(C)[C@H](C(=O)N[C@@H](Cc1ccccc1)C(=O)N[C@@H](CC(=O)O)C(=O)N(C)[C@@H](Cc1ccccc1)C(=O)N[C@@H](C)C(=O)N1CCCCC1)C(C)C)N(C)C(=O)CNC(=O)[C@H](Cc1ccccc1)N(C)C(=O)[C@@H](NC(=O)[C@H](CC(C)C)N(C)C(=O)[C@@H](NC(=O)C(C)N)C(C)C)[C@@H](C)O. The summed E-state index contributed by atoms with van der Waals surface area (Å²) >= 11 is 0. The molecule has 0 aliphatic carbocycles. The number of aliphatic hydroxyl groups is 1. The minimum atomic E-state index is -1.79. The molecule has 3 aromatic carbocycles. The number of nitrogens with zero attached hydrogens (tertiary/aromatic N) is 6. The van der Waals surface area contributed by atoms with Crippen molar-refractivity contribution in [3.63, 3.8) is 0 Å². The van der Waals surface area contributed by atoms with Gasteiger partial charge in [0.15, 0.2) is 0 Å². The maximum Gasteiger partial charge on any atom is 0.305 e. The largest absolute Gasteiger partial charge is 0.481 e. The second-order valence-electron chi connectivity index (χ2n) is 28.7. The molecule has 12 amide bonds. The van der Waals surface area contributed by atoms with Crippen LogP contribution >= 0.6 is 0 Å². The van der Waals surface area contributed by atoms with E-state index in [0.717, 1.165) is 38.9 Å². The van der Waals surface area contributed by atoms with E-state index in [9.17, 15) is 67.7 Å². The fourth-order valence-corrected chi connectivity index (χ4v) is 12.4. The lowest BCUT2D eigenvalue weighted by Crippen LogP contribution is -2.62. The Bertz CT molecular complexity index is 3350. The number of likely N-dealkylation sites (tertiary alicyclic amines) is 1. The number of rotatable bonds is 38. The highest BCUT2D eigenvalue weighted by Gasteiger charge is 2.43. The topological polar surface area (TPSA) is 380 Å². The Morgan fingerprint density at radius 2 is 0.883 bits per heavy atom. The zero-order valence-corrected chi connectivity index (χ0v) is 62.8. The van der Waals surface area contributed by atoms with Crippen LogP contribution in [-0.4, -0.2) is 244 Å². The minimum Gasteiger partial charge on any atom is -0.481 e. The first kappa shape index (κ1) is 86.1. The zero-order chi connectivity index (χ0) is 77.3. The third-order valence-electron chi connectivity index (χ3n) is 18.5. The summed E-state index contributed by atoms with van der Waals surface area (Å²) in [6.45, 7) is 18.7. The first-order valence-corrected chi connectivity index (χ1v) is 35.6. The molecule has 1 aliphatic rings. The van der Waals surface area contributed by atoms with Gasteiger partial charge in [-0.15, -0.1) is 0 Å². The number of carboxylic acids is 1. The van der Waals surface area contributed by atoms with Crippen molar-refractivity contribution >= 4 is 76.9 Å². The van der Waals surface area contributed by atoms with Gasteiger partial charge in [-0.25, -0.2) is 0 Å². The number of aliphatic hydroxyl groups excluding tert-OH is 1. The number of benzene rings is 3. The smallest absolute Gasteiger partial charge is 0.305 e. The quantitative estimate of drug-likeness (QED) is 0.0396. The van der Waals surface area contributed by atoms with Crippen LogP contribution in [0.15, 0.2) is 91.0 Å². The summed E-state index contributed by atoms with van der Waals surface area (Å²) in [6, 6.07) is 11.5. The number of nitrogens with two attached hydrogens (primary N) is 1. The number of nitrogens with one attached hydrogen (secondary N) is 6. The Morgan fingerprint density at radius 1 is 0.447 bits per heavy atom. The number of piperidine rings is 1. The third kappa shape index (κ3) is 25.9. The first-order valence-electron chi connectivity index (χ1n) is 35.6. The van der Waals surface area contributed by atoms with Gasteiger partial charge in [-0.2, -0.15) is 0 Å². The van der Waals surface area contributed by atoms with Crippen molar-refractivity contribution in [2.75, 3.05) is 54.9 Å². The van der Waals surface area contributed by atoms with Crippen LogP contribution in [0.5, 0.6) is 0 Å². The lowest BCUT2D eigenvalue weighted by molar-refractivity contribution is -0.150. The van der Waals surface area contributed by atoms with E-state index in [-0.39, 0.29) is 49.8 Å². The van der Waals surface area contributed by atoms with Gasteiger partial charge in [0, 0.05) is 67.6 Å². The number of amides is 12. The van der Waals surface area contributed by atoms with Gasteiger partial charge in [-0.1, -0.05) is 146 Å². The van der Waals surface area contributed by atoms with Crippen LogP contribution in [0.2, 0.25) is 0 Å². The normalized spacial score (nSPS) is 15.8. The number of carbonyl (C=O) groups excluding carboxylic acids is 12. The van der Waals surface area contributed by atoms with Crippen molar-refractivity contribution in [3.05, 3.63) is 108 Å². The summed E-state index contributed by atoms with van der Waals surface area (Å²) in [5.41, 5.74) is 7.58. The Balaban J connectivity index is 1.61. The predicted octanol–water partition coefficient (Wildman–Crippen LogP) is 2.03. The summed E-state index contributed by atoms with van der Waals surface area (Å²) in [5, 5.41) is 37.4. The number of likely N-dealkylation sites (N-methyl/N-ethyl adjacent to an activating group) is 5. The monoisotopic (exact) mass is 1440 g/mol. The van der Waals surface area contributed by atoms with Gasteiger partial charge in [0.05, 0.1) is 25.1 Å². The fraction of sp³-hybridized carbons (Fsp3) is 0.587. The van der Waals surface area contributed by atoms with Gasteiger partial charge < -0.3 is 77.2 Å². The molecule has 0 aromatic heterocycles. The Morgan fingerprint density at radius 3 is 1.35 bits per heavy atom. The molecule has 0 bridgehead atoms. The standard InChI is InChI=1S/C75H113N13O15/c1-44(2)37-56(85(14)74(102)62(46(5)6)81-65(93)48(9)76)69(97)82-63(50(11)89)75(103)86(15)57(40-52-31-23-18-24-32-52)67(95)77-43-60(90)83(12)59(38-45(3)4)73(101)87(16)64(47(7)8)70(98)79-54(39-51-29-21-17-22-30-51)66(94)80-55(42-61(91)92)72(100)84(13)58(41-53-33-25-19-26-34-53)68(96)78-49(10)71(99)88-35-27-20-28-36-88/h17-19,21-26,29-34,44-50,54-59,62-64,89H,20,27-28,35-43,76H2,1-16H3,(H,77,95)(H,78,96)(H,79,98)(H,80,94)(H,81,93)(H,82,97)(H,91,92)/t48?,49-,50+,54-,55-,56-,57-,58-,59-,62-,63-,64-/m0/s1. The van der Waals surface area contributed by atoms with Crippen molar-refractivity contribution in [2.45, 2.75) is 207 Å². The van der Waals surface area contributed by atoms with E-state index in [0.29, 0.717) is 29.8 Å². The Hall–Kier alpha value is -9.31. The molecule has 1 aliphatic heterocycles. The average molecular weight is 1440 g/mol. The number of hydrogen-bond donors (Lipinski definition) is 9. The zero-order valence-electron chi connectivity index (χ0n) is 62.8. The molecule has 1 fully saturated rings. The molecule has 0 spiro atoms. The molecule has 3 aromatic rings. The molecule has 1 unspecified atom stereocenters. The lowest BCUT2D eigenvalue weighted by Gasteiger charge is -2.37. The van der Waals surface area contributed by atoms with Gasteiger partial charge in [0.1, 0.15) is 60.4 Å². The molecule has 103 heavy (non-hydrogen) atoms. The second kappa shape index (κ2) is 41.1. The number of hydrogen-bond acceptors (Lipinski definition) is 15. The number of aliphatic carboxylic acids is 1. The number of carboxylic acid groups (broad SMARTS) is 1. The molecule has 28 heteroatoms. The van der Waals surface area contributed by atoms with Crippen molar-refractivity contribution in [1.29, 1.82) is 0 Å². The molecule has 0 saturated carbocycles.